The molecule has 0 unspecified atom stereocenters. The quantitative estimate of drug-likeness (QED) is 0.575. The standard InChI is InChI=1S/C15H15.C2H6.Na/c1-2-13-8-10-15(11-9-13)12-14-6-4-3-5-7-14;1-2;/h2-11H,12H2,1H3;1-2H3;/q-1;;+1. The summed E-state index contributed by atoms with van der Waals surface area (Å²) in [5.41, 5.74) is 4.02. The molecule has 18 heavy (non-hydrogen) atoms. The monoisotopic (exact) mass is 248 g/mol. The van der Waals surface area contributed by atoms with Crippen LogP contribution in [0, 0.1) is 6.42 Å². The summed E-state index contributed by atoms with van der Waals surface area (Å²) in [5.74, 6) is 0. The first kappa shape index (κ1) is 17.3. The molecular formula is C17H21Na. The van der Waals surface area contributed by atoms with Crippen molar-refractivity contribution in [2.45, 2.75) is 27.2 Å². The van der Waals surface area contributed by atoms with Gasteiger partial charge >= 0.3 is 29.6 Å². The van der Waals surface area contributed by atoms with Crippen molar-refractivity contribution in [3.8, 4) is 0 Å². The van der Waals surface area contributed by atoms with Gasteiger partial charge in [0.15, 0.2) is 0 Å². The van der Waals surface area contributed by atoms with Gasteiger partial charge in [-0.2, -0.15) is 24.1 Å². The van der Waals surface area contributed by atoms with E-state index in [4.69, 9.17) is 0 Å². The molecule has 0 heterocycles. The van der Waals surface area contributed by atoms with Gasteiger partial charge in [-0.15, -0.1) is 12.1 Å². The van der Waals surface area contributed by atoms with Crippen molar-refractivity contribution in [2.24, 2.45) is 0 Å². The van der Waals surface area contributed by atoms with Gasteiger partial charge in [-0.3, -0.25) is 0 Å². The average Bonchev–Trinajstić information content (AvgIpc) is 2.43. The minimum absolute atomic E-state index is 0. The van der Waals surface area contributed by atoms with Crippen LogP contribution in [-0.2, 0) is 6.42 Å². The second-order valence-electron chi connectivity index (χ2n) is 3.69. The van der Waals surface area contributed by atoms with Crippen LogP contribution in [0.1, 0.15) is 37.5 Å². The van der Waals surface area contributed by atoms with Gasteiger partial charge in [-0.25, -0.2) is 0 Å². The van der Waals surface area contributed by atoms with Crippen molar-refractivity contribution in [1.29, 1.82) is 0 Å². The first-order valence-corrected chi connectivity index (χ1v) is 6.31. The largest absolute Gasteiger partial charge is 1.00 e. The van der Waals surface area contributed by atoms with Crippen molar-refractivity contribution in [3.05, 3.63) is 77.7 Å². The minimum Gasteiger partial charge on any atom is -0.192 e. The summed E-state index contributed by atoms with van der Waals surface area (Å²) in [5, 5.41) is 0. The van der Waals surface area contributed by atoms with Crippen LogP contribution in [0.5, 0.6) is 0 Å². The second kappa shape index (κ2) is 10.3. The van der Waals surface area contributed by atoms with E-state index in [1.165, 1.54) is 16.7 Å². The summed E-state index contributed by atoms with van der Waals surface area (Å²) in [6.45, 7) is 6.06. The van der Waals surface area contributed by atoms with Crippen LogP contribution >= 0.6 is 0 Å². The van der Waals surface area contributed by atoms with Gasteiger partial charge < -0.3 is 0 Å². The maximum absolute atomic E-state index is 2.20. The number of hydrogen-bond acceptors (Lipinski definition) is 0. The molecule has 2 aromatic carbocycles. The predicted molar refractivity (Wildman–Crippen MR) is 76.1 cm³/mol. The molecule has 2 aromatic rings. The van der Waals surface area contributed by atoms with Crippen LogP contribution in [0.3, 0.4) is 0 Å². The van der Waals surface area contributed by atoms with E-state index in [1.54, 1.807) is 0 Å². The van der Waals surface area contributed by atoms with E-state index in [2.05, 4.69) is 67.9 Å². The van der Waals surface area contributed by atoms with Crippen LogP contribution in [0.4, 0.5) is 0 Å². The molecule has 0 fully saturated rings. The Morgan fingerprint density at radius 2 is 1.28 bits per heavy atom. The van der Waals surface area contributed by atoms with Gasteiger partial charge in [-0.05, 0) is 12.0 Å². The molecule has 0 atom stereocenters. The predicted octanol–water partition coefficient (Wildman–Crippen LogP) is 1.88. The Kier molecular flexibility index (Phi) is 9.86. The molecule has 0 nitrogen and oxygen atoms in total. The van der Waals surface area contributed by atoms with E-state index in [-0.39, 0.29) is 29.6 Å². The molecule has 0 spiro atoms. The molecule has 90 valence electrons. The first-order valence-electron chi connectivity index (χ1n) is 6.31. The third-order valence-corrected chi connectivity index (χ3v) is 2.56. The van der Waals surface area contributed by atoms with Gasteiger partial charge in [-0.1, -0.05) is 56.7 Å². The zero-order chi connectivity index (χ0) is 12.5. The van der Waals surface area contributed by atoms with Crippen molar-refractivity contribution >= 4 is 0 Å². The van der Waals surface area contributed by atoms with Gasteiger partial charge in [0.05, 0.1) is 0 Å². The van der Waals surface area contributed by atoms with E-state index in [0.717, 1.165) is 6.42 Å². The van der Waals surface area contributed by atoms with Crippen molar-refractivity contribution in [1.82, 2.24) is 0 Å². The molecule has 0 aliphatic heterocycles. The van der Waals surface area contributed by atoms with Crippen LogP contribution < -0.4 is 29.6 Å². The van der Waals surface area contributed by atoms with Crippen LogP contribution in [0.25, 0.3) is 0 Å². The third-order valence-electron chi connectivity index (χ3n) is 2.56. The summed E-state index contributed by atoms with van der Waals surface area (Å²) in [6.07, 6.45) is 3.14. The molecule has 0 bridgehead atoms. The molecule has 0 aromatic heterocycles. The van der Waals surface area contributed by atoms with Crippen molar-refractivity contribution < 1.29 is 29.6 Å². The Hall–Kier alpha value is -0.690. The first-order chi connectivity index (χ1) is 8.38. The van der Waals surface area contributed by atoms with E-state index in [9.17, 15) is 0 Å². The fourth-order valence-corrected chi connectivity index (χ4v) is 1.66. The number of benzene rings is 2. The summed E-state index contributed by atoms with van der Waals surface area (Å²) < 4.78 is 0. The number of hydrogen-bond donors (Lipinski definition) is 0. The van der Waals surface area contributed by atoms with E-state index in [0.29, 0.717) is 0 Å². The van der Waals surface area contributed by atoms with Crippen LogP contribution in [-0.4, -0.2) is 0 Å². The Bertz CT molecular complexity index is 403. The molecule has 0 amide bonds. The normalized spacial score (nSPS) is 8.61. The van der Waals surface area contributed by atoms with E-state index < -0.39 is 0 Å². The fourth-order valence-electron chi connectivity index (χ4n) is 1.66. The van der Waals surface area contributed by atoms with Gasteiger partial charge in [0.1, 0.15) is 0 Å². The molecule has 1 heteroatoms. The summed E-state index contributed by atoms with van der Waals surface area (Å²) in [7, 11) is 0. The molecular weight excluding hydrogens is 227 g/mol. The Morgan fingerprint density at radius 1 is 0.778 bits per heavy atom. The minimum atomic E-state index is 0. The van der Waals surface area contributed by atoms with Crippen LogP contribution in [0.15, 0.2) is 54.6 Å². The molecule has 0 saturated heterocycles. The van der Waals surface area contributed by atoms with Crippen LogP contribution in [0.2, 0.25) is 0 Å². The molecule has 0 N–H and O–H groups in total. The zero-order valence-electron chi connectivity index (χ0n) is 12.0. The Balaban J connectivity index is 0.000000917. The summed E-state index contributed by atoms with van der Waals surface area (Å²) in [6, 6.07) is 19.3. The molecule has 0 aliphatic carbocycles. The Labute approximate surface area is 134 Å². The Morgan fingerprint density at radius 3 is 1.78 bits per heavy atom. The van der Waals surface area contributed by atoms with Gasteiger partial charge in [0.2, 0.25) is 0 Å². The van der Waals surface area contributed by atoms with E-state index >= 15 is 0 Å². The third kappa shape index (κ3) is 5.77. The van der Waals surface area contributed by atoms with Gasteiger partial charge in [0, 0.05) is 0 Å². The molecule has 0 aliphatic rings. The topological polar surface area (TPSA) is 0 Å². The zero-order valence-corrected chi connectivity index (χ0v) is 14.0. The summed E-state index contributed by atoms with van der Waals surface area (Å²) >= 11 is 0. The number of rotatable bonds is 3. The van der Waals surface area contributed by atoms with Crippen molar-refractivity contribution in [2.75, 3.05) is 0 Å². The second-order valence-corrected chi connectivity index (χ2v) is 3.69. The molecule has 0 radical (unpaired) electrons. The summed E-state index contributed by atoms with van der Waals surface area (Å²) in [4.78, 5) is 0. The maximum Gasteiger partial charge on any atom is 1.00 e. The van der Waals surface area contributed by atoms with Crippen molar-refractivity contribution in [3.63, 3.8) is 0 Å². The average molecular weight is 248 g/mol. The molecule has 2 rings (SSSR count). The molecule has 0 saturated carbocycles. The maximum atomic E-state index is 2.20. The fraction of sp³-hybridized carbons (Fsp3) is 0.235. The van der Waals surface area contributed by atoms with Gasteiger partial charge in [0.25, 0.3) is 0 Å². The smallest absolute Gasteiger partial charge is 0.192 e. The van der Waals surface area contributed by atoms with E-state index in [1.807, 2.05) is 13.8 Å². The SMILES string of the molecule is CC.C[CH-]c1ccc(Cc2ccccc2)cc1.[Na+].